The summed E-state index contributed by atoms with van der Waals surface area (Å²) in [6, 6.07) is 1.41. The molecule has 0 saturated heterocycles. The standard InChI is InChI=1S/C38H47F5N6O8/c1-5-12-22(32(51)36(55)45-18-24(50)48-30(33(44)52)19-13-8-6-9-14-19)46-34(53)23(17-21-25(39)27(41)29(43)28(42)26(21)40)47-35(54)31(20-15-10-7-11-16-20)49-37(56)57-38(2,3)4/h6,8-9,13-14,20,22-23,30-31H,5,7,10-12,15-18H2,1-4H3,(H2,44,52)(H,45,55)(H,46,53)(H,47,54)(H,48,50)(H,49,56)/t22?,23-,30?,31-/m0/s1. The molecule has 7 N–H and O–H groups in total. The number of benzene rings is 2. The zero-order valence-corrected chi connectivity index (χ0v) is 31.9. The first-order valence-corrected chi connectivity index (χ1v) is 18.3. The summed E-state index contributed by atoms with van der Waals surface area (Å²) in [4.78, 5) is 91.2. The molecule has 0 spiro atoms. The number of hydrogen-bond donors (Lipinski definition) is 6. The lowest BCUT2D eigenvalue weighted by molar-refractivity contribution is -0.141. The SMILES string of the molecule is CCCC(NC(=O)[C@H](Cc1c(F)c(F)c(F)c(F)c1F)NC(=O)[C@@H](NC(=O)OC(C)(C)C)C1CCCCC1)C(=O)C(=O)NCC(=O)NC(C(N)=O)c1ccccc1. The number of hydrogen-bond acceptors (Lipinski definition) is 8. The zero-order valence-electron chi connectivity index (χ0n) is 31.9. The summed E-state index contributed by atoms with van der Waals surface area (Å²) >= 11 is 0. The third kappa shape index (κ3) is 13.0. The number of nitrogens with two attached hydrogens (primary N) is 1. The molecule has 1 aliphatic rings. The van der Waals surface area contributed by atoms with Gasteiger partial charge in [-0.3, -0.25) is 28.8 Å². The minimum atomic E-state index is -2.46. The Morgan fingerprint density at radius 1 is 0.772 bits per heavy atom. The predicted octanol–water partition coefficient (Wildman–Crippen LogP) is 3.20. The number of carbonyl (C=O) groups excluding carboxylic acids is 7. The van der Waals surface area contributed by atoms with E-state index in [9.17, 15) is 55.5 Å². The lowest BCUT2D eigenvalue weighted by Gasteiger charge is -2.32. The van der Waals surface area contributed by atoms with Crippen LogP contribution in [0.1, 0.15) is 89.8 Å². The van der Waals surface area contributed by atoms with Crippen molar-refractivity contribution in [1.82, 2.24) is 26.6 Å². The van der Waals surface area contributed by atoms with E-state index in [1.54, 1.807) is 45.9 Å². The smallest absolute Gasteiger partial charge is 0.408 e. The number of ether oxygens (including phenoxy) is 1. The van der Waals surface area contributed by atoms with Crippen molar-refractivity contribution in [3.63, 3.8) is 0 Å². The number of Topliss-reactive ketones (excluding diaryl/α,β-unsaturated/α-hetero) is 1. The Morgan fingerprint density at radius 2 is 1.33 bits per heavy atom. The largest absolute Gasteiger partial charge is 0.444 e. The van der Waals surface area contributed by atoms with Gasteiger partial charge in [-0.1, -0.05) is 62.9 Å². The van der Waals surface area contributed by atoms with Crippen LogP contribution in [0.3, 0.4) is 0 Å². The minimum absolute atomic E-state index is 0.153. The summed E-state index contributed by atoms with van der Waals surface area (Å²) in [5.74, 6) is -19.1. The highest BCUT2D eigenvalue weighted by molar-refractivity contribution is 6.38. The molecule has 1 fully saturated rings. The number of halogens is 5. The molecule has 0 aliphatic heterocycles. The van der Waals surface area contributed by atoms with Gasteiger partial charge in [0.15, 0.2) is 23.3 Å². The average Bonchev–Trinajstić information content (AvgIpc) is 3.16. The van der Waals surface area contributed by atoms with Gasteiger partial charge in [0.05, 0.1) is 12.6 Å². The number of amides is 6. The van der Waals surface area contributed by atoms with E-state index in [4.69, 9.17) is 10.5 Å². The molecule has 4 atom stereocenters. The normalized spacial score (nSPS) is 15.2. The van der Waals surface area contributed by atoms with E-state index < -0.39 is 125 Å². The molecule has 0 heterocycles. The Morgan fingerprint density at radius 3 is 1.88 bits per heavy atom. The highest BCUT2D eigenvalue weighted by Gasteiger charge is 2.38. The highest BCUT2D eigenvalue weighted by atomic mass is 19.2. The van der Waals surface area contributed by atoms with Gasteiger partial charge >= 0.3 is 6.09 Å². The van der Waals surface area contributed by atoms with Crippen molar-refractivity contribution in [2.75, 3.05) is 6.54 Å². The molecule has 19 heteroatoms. The monoisotopic (exact) mass is 810 g/mol. The maximum absolute atomic E-state index is 14.9. The van der Waals surface area contributed by atoms with Crippen LogP contribution in [-0.4, -0.2) is 71.7 Å². The summed E-state index contributed by atoms with van der Waals surface area (Å²) in [6.45, 7) is 5.46. The number of carbonyl (C=O) groups is 7. The Balaban J connectivity index is 1.88. The number of nitrogens with one attached hydrogen (secondary N) is 5. The van der Waals surface area contributed by atoms with Crippen LogP contribution in [0, 0.1) is 35.0 Å². The van der Waals surface area contributed by atoms with Crippen molar-refractivity contribution < 1.29 is 60.3 Å². The van der Waals surface area contributed by atoms with Crippen LogP contribution in [-0.2, 0) is 39.9 Å². The molecule has 14 nitrogen and oxygen atoms in total. The second-order valence-electron chi connectivity index (χ2n) is 14.5. The van der Waals surface area contributed by atoms with Gasteiger partial charge in [0.1, 0.15) is 23.7 Å². The Labute approximate surface area is 325 Å². The lowest BCUT2D eigenvalue weighted by Crippen LogP contribution is -2.59. The van der Waals surface area contributed by atoms with Gasteiger partial charge in [-0.05, 0) is 51.5 Å². The maximum Gasteiger partial charge on any atom is 0.408 e. The topological polar surface area (TPSA) is 215 Å². The van der Waals surface area contributed by atoms with Crippen LogP contribution in [0.2, 0.25) is 0 Å². The first-order valence-electron chi connectivity index (χ1n) is 18.3. The molecule has 2 unspecified atom stereocenters. The summed E-state index contributed by atoms with van der Waals surface area (Å²) < 4.78 is 77.5. The fourth-order valence-corrected chi connectivity index (χ4v) is 6.22. The molecule has 3 rings (SSSR count). The highest BCUT2D eigenvalue weighted by Crippen LogP contribution is 2.28. The van der Waals surface area contributed by atoms with Crippen LogP contribution >= 0.6 is 0 Å². The predicted molar refractivity (Wildman–Crippen MR) is 193 cm³/mol. The van der Waals surface area contributed by atoms with E-state index in [1.165, 1.54) is 12.1 Å². The quantitative estimate of drug-likeness (QED) is 0.0603. The molecule has 312 valence electrons. The van der Waals surface area contributed by atoms with E-state index in [1.807, 2.05) is 0 Å². The van der Waals surface area contributed by atoms with Crippen molar-refractivity contribution in [3.8, 4) is 0 Å². The lowest BCUT2D eigenvalue weighted by atomic mass is 9.83. The van der Waals surface area contributed by atoms with Crippen molar-refractivity contribution in [2.24, 2.45) is 11.7 Å². The van der Waals surface area contributed by atoms with E-state index in [2.05, 4.69) is 26.6 Å². The minimum Gasteiger partial charge on any atom is -0.444 e. The molecule has 1 aliphatic carbocycles. The molecule has 0 bridgehead atoms. The molecular weight excluding hydrogens is 763 g/mol. The molecule has 0 radical (unpaired) electrons. The van der Waals surface area contributed by atoms with Gasteiger partial charge in [-0.25, -0.2) is 26.7 Å². The number of rotatable bonds is 17. The van der Waals surface area contributed by atoms with Crippen LogP contribution in [0.25, 0.3) is 0 Å². The molecule has 2 aromatic carbocycles. The molecule has 6 amide bonds. The van der Waals surface area contributed by atoms with E-state index in [0.29, 0.717) is 31.2 Å². The van der Waals surface area contributed by atoms with Crippen LogP contribution in [0.15, 0.2) is 30.3 Å². The van der Waals surface area contributed by atoms with Crippen molar-refractivity contribution >= 4 is 41.4 Å². The van der Waals surface area contributed by atoms with Gasteiger partial charge < -0.3 is 37.1 Å². The molecule has 0 aromatic heterocycles. The summed E-state index contributed by atoms with van der Waals surface area (Å²) in [6.07, 6.45) is 0.647. The summed E-state index contributed by atoms with van der Waals surface area (Å²) in [5, 5.41) is 11.3. The third-order valence-corrected chi connectivity index (χ3v) is 8.98. The molecule has 1 saturated carbocycles. The van der Waals surface area contributed by atoms with Gasteiger partial charge in [-0.2, -0.15) is 0 Å². The van der Waals surface area contributed by atoms with E-state index >= 15 is 0 Å². The van der Waals surface area contributed by atoms with Gasteiger partial charge in [0.2, 0.25) is 35.2 Å². The fraction of sp³-hybridized carbons (Fsp3) is 0.500. The Bertz CT molecular complexity index is 1790. The Hall–Kier alpha value is -5.62. The molecule has 57 heavy (non-hydrogen) atoms. The van der Waals surface area contributed by atoms with Crippen LogP contribution in [0.5, 0.6) is 0 Å². The van der Waals surface area contributed by atoms with E-state index in [0.717, 1.165) is 6.42 Å². The second-order valence-corrected chi connectivity index (χ2v) is 14.5. The number of primary amides is 1. The summed E-state index contributed by atoms with van der Waals surface area (Å²) in [7, 11) is 0. The van der Waals surface area contributed by atoms with Crippen LogP contribution < -0.4 is 32.3 Å². The van der Waals surface area contributed by atoms with Crippen molar-refractivity contribution in [3.05, 3.63) is 70.5 Å². The fourth-order valence-electron chi connectivity index (χ4n) is 6.22. The Kier molecular flexibility index (Phi) is 16.5. The van der Waals surface area contributed by atoms with E-state index in [-0.39, 0.29) is 12.8 Å². The number of alkyl carbamates (subject to hydrolysis) is 1. The van der Waals surface area contributed by atoms with Gasteiger partial charge in [-0.15, -0.1) is 0 Å². The first-order chi connectivity index (χ1) is 26.7. The van der Waals surface area contributed by atoms with Crippen molar-refractivity contribution in [1.29, 1.82) is 0 Å². The van der Waals surface area contributed by atoms with Crippen molar-refractivity contribution in [2.45, 2.75) is 109 Å². The van der Waals surface area contributed by atoms with Gasteiger partial charge in [0.25, 0.3) is 5.91 Å². The van der Waals surface area contributed by atoms with Crippen LogP contribution in [0.4, 0.5) is 26.7 Å². The maximum atomic E-state index is 14.9. The molecular formula is C38H47F5N6O8. The average molecular weight is 811 g/mol. The zero-order chi connectivity index (χ0) is 42.6. The third-order valence-electron chi connectivity index (χ3n) is 8.98. The number of ketones is 1. The molecule has 2 aromatic rings. The second kappa shape index (κ2) is 20.5. The van der Waals surface area contributed by atoms with Gasteiger partial charge in [0, 0.05) is 12.0 Å². The first kappa shape index (κ1) is 45.8. The summed E-state index contributed by atoms with van der Waals surface area (Å²) in [5.41, 5.74) is 3.28.